The van der Waals surface area contributed by atoms with E-state index in [-0.39, 0.29) is 29.7 Å². The number of para-hydroxylation sites is 1. The molecule has 2 aromatic heterocycles. The maximum atomic E-state index is 12.3. The third kappa shape index (κ3) is 3.10. The number of benzene rings is 1. The minimum Gasteiger partial charge on any atom is -0.477 e. The van der Waals surface area contributed by atoms with E-state index in [4.69, 9.17) is 9.15 Å². The van der Waals surface area contributed by atoms with Gasteiger partial charge in [-0.3, -0.25) is 9.59 Å². The molecule has 6 heteroatoms. The fourth-order valence-corrected chi connectivity index (χ4v) is 3.54. The number of rotatable bonds is 4. The second-order valence-electron chi connectivity index (χ2n) is 6.58. The molecule has 2 N–H and O–H groups in total. The van der Waals surface area contributed by atoms with Gasteiger partial charge >= 0.3 is 0 Å². The van der Waals surface area contributed by atoms with E-state index in [1.165, 1.54) is 23.3 Å². The van der Waals surface area contributed by atoms with Gasteiger partial charge in [0.1, 0.15) is 12.0 Å². The van der Waals surface area contributed by atoms with Crippen molar-refractivity contribution in [2.45, 2.75) is 32.2 Å². The van der Waals surface area contributed by atoms with Gasteiger partial charge < -0.3 is 19.5 Å². The molecule has 0 fully saturated rings. The lowest BCUT2D eigenvalue weighted by atomic mass is 9.91. The van der Waals surface area contributed by atoms with Crippen molar-refractivity contribution in [1.29, 1.82) is 0 Å². The summed E-state index contributed by atoms with van der Waals surface area (Å²) in [5.41, 5.74) is 3.14. The molecule has 3 aromatic rings. The number of carbonyl (C=O) groups excluding carboxylic acids is 1. The minimum absolute atomic E-state index is 0.0423. The fourth-order valence-electron chi connectivity index (χ4n) is 3.54. The van der Waals surface area contributed by atoms with Crippen molar-refractivity contribution in [1.82, 2.24) is 10.3 Å². The van der Waals surface area contributed by atoms with Crippen LogP contribution in [0.25, 0.3) is 10.9 Å². The Labute approximate surface area is 150 Å². The largest absolute Gasteiger partial charge is 0.477 e. The number of aromatic amines is 1. The van der Waals surface area contributed by atoms with Crippen LogP contribution in [0.5, 0.6) is 5.75 Å². The summed E-state index contributed by atoms with van der Waals surface area (Å²) in [7, 11) is 0. The molecule has 26 heavy (non-hydrogen) atoms. The lowest BCUT2D eigenvalue weighted by molar-refractivity contribution is -0.124. The van der Waals surface area contributed by atoms with E-state index in [0.29, 0.717) is 5.76 Å². The monoisotopic (exact) mass is 352 g/mol. The third-order valence-corrected chi connectivity index (χ3v) is 4.74. The van der Waals surface area contributed by atoms with Gasteiger partial charge in [-0.15, -0.1) is 0 Å². The number of hydrogen-bond donors (Lipinski definition) is 2. The Hall–Kier alpha value is -3.02. The maximum Gasteiger partial charge on any atom is 0.258 e. The van der Waals surface area contributed by atoms with Crippen LogP contribution in [0.2, 0.25) is 0 Å². The van der Waals surface area contributed by atoms with Crippen LogP contribution >= 0.6 is 0 Å². The molecule has 0 bridgehead atoms. The number of fused-ring (bicyclic) bond motifs is 3. The van der Waals surface area contributed by atoms with Crippen molar-refractivity contribution in [3.63, 3.8) is 0 Å². The minimum atomic E-state index is -0.294. The Balaban J connectivity index is 1.46. The van der Waals surface area contributed by atoms with E-state index in [1.807, 2.05) is 18.2 Å². The van der Waals surface area contributed by atoms with Gasteiger partial charge in [0.2, 0.25) is 11.2 Å². The van der Waals surface area contributed by atoms with E-state index in [9.17, 15) is 9.59 Å². The lowest BCUT2D eigenvalue weighted by Gasteiger charge is -2.23. The van der Waals surface area contributed by atoms with E-state index in [0.717, 1.165) is 30.5 Å². The molecule has 0 spiro atoms. The quantitative estimate of drug-likeness (QED) is 0.756. The number of H-pyrrole nitrogens is 1. The first kappa shape index (κ1) is 16.4. The Bertz CT molecular complexity index is 1020. The SMILES string of the molecule is Cc1cc(=O)c(OCC(=O)N[C@H]2CCCc3c2[nH]c2ccccc32)co1. The molecule has 0 aliphatic heterocycles. The smallest absolute Gasteiger partial charge is 0.258 e. The molecule has 6 nitrogen and oxygen atoms in total. The van der Waals surface area contributed by atoms with Crippen LogP contribution in [0.1, 0.15) is 35.9 Å². The summed E-state index contributed by atoms with van der Waals surface area (Å²) in [6.07, 6.45) is 4.13. The number of nitrogens with one attached hydrogen (secondary N) is 2. The van der Waals surface area contributed by atoms with Crippen molar-refractivity contribution in [3.8, 4) is 5.75 Å². The van der Waals surface area contributed by atoms with Crippen LogP contribution in [-0.2, 0) is 11.2 Å². The number of aromatic nitrogens is 1. The second-order valence-corrected chi connectivity index (χ2v) is 6.58. The van der Waals surface area contributed by atoms with Crippen LogP contribution in [0, 0.1) is 6.92 Å². The number of ether oxygens (including phenoxy) is 1. The van der Waals surface area contributed by atoms with Crippen molar-refractivity contribution in [2.75, 3.05) is 6.61 Å². The number of amides is 1. The molecule has 0 saturated heterocycles. The zero-order valence-electron chi connectivity index (χ0n) is 14.5. The average molecular weight is 352 g/mol. The highest BCUT2D eigenvalue weighted by molar-refractivity contribution is 5.85. The van der Waals surface area contributed by atoms with Crippen molar-refractivity contribution < 1.29 is 13.9 Å². The highest BCUT2D eigenvalue weighted by Crippen LogP contribution is 2.34. The topological polar surface area (TPSA) is 84.3 Å². The van der Waals surface area contributed by atoms with E-state index >= 15 is 0 Å². The van der Waals surface area contributed by atoms with Crippen LogP contribution in [0.15, 0.2) is 45.8 Å². The molecule has 4 rings (SSSR count). The summed E-state index contributed by atoms with van der Waals surface area (Å²) >= 11 is 0. The number of hydrogen-bond acceptors (Lipinski definition) is 4. The molecular formula is C20H20N2O4. The summed E-state index contributed by atoms with van der Waals surface area (Å²) in [5, 5.41) is 4.23. The Morgan fingerprint density at radius 2 is 2.23 bits per heavy atom. The first-order valence-corrected chi connectivity index (χ1v) is 8.73. The van der Waals surface area contributed by atoms with Gasteiger partial charge in [-0.2, -0.15) is 0 Å². The molecular weight excluding hydrogens is 332 g/mol. The van der Waals surface area contributed by atoms with Crippen LogP contribution in [0.3, 0.4) is 0 Å². The Morgan fingerprint density at radius 1 is 1.38 bits per heavy atom. The predicted octanol–water partition coefficient (Wildman–Crippen LogP) is 3.00. The summed E-state index contributed by atoms with van der Waals surface area (Å²) in [6.45, 7) is 1.46. The molecule has 1 atom stereocenters. The zero-order chi connectivity index (χ0) is 18.1. The van der Waals surface area contributed by atoms with Gasteiger partial charge in [-0.05, 0) is 37.8 Å². The molecule has 0 radical (unpaired) electrons. The molecule has 1 aromatic carbocycles. The zero-order valence-corrected chi connectivity index (χ0v) is 14.5. The predicted molar refractivity (Wildman–Crippen MR) is 97.3 cm³/mol. The number of aryl methyl sites for hydroxylation is 2. The highest BCUT2D eigenvalue weighted by Gasteiger charge is 2.25. The second kappa shape index (κ2) is 6.71. The normalized spacial score (nSPS) is 16.3. The summed E-state index contributed by atoms with van der Waals surface area (Å²) in [5.74, 6) is 0.280. The van der Waals surface area contributed by atoms with Crippen LogP contribution in [0.4, 0.5) is 0 Å². The van der Waals surface area contributed by atoms with Gasteiger partial charge in [0, 0.05) is 22.7 Å². The molecule has 1 aliphatic carbocycles. The first-order chi connectivity index (χ1) is 12.6. The van der Waals surface area contributed by atoms with E-state index < -0.39 is 0 Å². The summed E-state index contributed by atoms with van der Waals surface area (Å²) in [6, 6.07) is 9.45. The molecule has 134 valence electrons. The fraction of sp³-hybridized carbons (Fsp3) is 0.300. The Kier molecular flexibility index (Phi) is 4.24. The van der Waals surface area contributed by atoms with Gasteiger partial charge in [-0.1, -0.05) is 18.2 Å². The van der Waals surface area contributed by atoms with E-state index in [1.54, 1.807) is 6.92 Å². The van der Waals surface area contributed by atoms with Gasteiger partial charge in [0.15, 0.2) is 6.61 Å². The maximum absolute atomic E-state index is 12.3. The standard InChI is InChI=1S/C20H20N2O4/c1-12-9-17(23)18(10-25-12)26-11-19(24)21-16-8-4-6-14-13-5-2-3-7-15(13)22-20(14)16/h2-3,5,7,9-10,16,22H,4,6,8,11H2,1H3,(H,21,24)/t16-/m0/s1. The summed E-state index contributed by atoms with van der Waals surface area (Å²) in [4.78, 5) is 27.5. The lowest BCUT2D eigenvalue weighted by Crippen LogP contribution is -2.34. The molecule has 2 heterocycles. The highest BCUT2D eigenvalue weighted by atomic mass is 16.5. The van der Waals surface area contributed by atoms with Gasteiger partial charge in [0.05, 0.1) is 6.04 Å². The third-order valence-electron chi connectivity index (χ3n) is 4.74. The average Bonchev–Trinajstić information content (AvgIpc) is 3.01. The molecule has 0 saturated carbocycles. The van der Waals surface area contributed by atoms with Crippen molar-refractivity contribution >= 4 is 16.8 Å². The molecule has 0 unspecified atom stereocenters. The number of carbonyl (C=O) groups is 1. The first-order valence-electron chi connectivity index (χ1n) is 8.73. The van der Waals surface area contributed by atoms with Crippen molar-refractivity contribution in [2.24, 2.45) is 0 Å². The molecule has 1 aliphatic rings. The molecule has 1 amide bonds. The van der Waals surface area contributed by atoms with Crippen LogP contribution in [-0.4, -0.2) is 17.5 Å². The summed E-state index contributed by atoms with van der Waals surface area (Å²) < 4.78 is 10.5. The van der Waals surface area contributed by atoms with Gasteiger partial charge in [-0.25, -0.2) is 0 Å². The Morgan fingerprint density at radius 3 is 3.08 bits per heavy atom. The van der Waals surface area contributed by atoms with Crippen molar-refractivity contribution in [3.05, 3.63) is 63.8 Å². The van der Waals surface area contributed by atoms with E-state index in [2.05, 4.69) is 16.4 Å². The van der Waals surface area contributed by atoms with Gasteiger partial charge in [0.25, 0.3) is 5.91 Å². The van der Waals surface area contributed by atoms with Crippen LogP contribution < -0.4 is 15.5 Å².